The van der Waals surface area contributed by atoms with Crippen LogP contribution in [0.25, 0.3) is 10.9 Å². The Balaban J connectivity index is 2.15. The van der Waals surface area contributed by atoms with Crippen molar-refractivity contribution in [3.63, 3.8) is 0 Å². The van der Waals surface area contributed by atoms with Crippen LogP contribution in [0.1, 0.15) is 12.7 Å². The van der Waals surface area contributed by atoms with Crippen LogP contribution in [0.2, 0.25) is 0 Å². The maximum Gasteiger partial charge on any atom is 0.451 e. The lowest BCUT2D eigenvalue weighted by Gasteiger charge is -2.15. The molecule has 0 bridgehead atoms. The lowest BCUT2D eigenvalue weighted by molar-refractivity contribution is -0.144. The number of methoxy groups -OCH3 is 2. The Morgan fingerprint density at radius 2 is 1.66 bits per heavy atom. The van der Waals surface area contributed by atoms with Crippen molar-refractivity contribution in [1.29, 1.82) is 0 Å². The van der Waals surface area contributed by atoms with Gasteiger partial charge in [0.2, 0.25) is 11.7 Å². The topological polar surface area (TPSA) is 85.4 Å². The van der Waals surface area contributed by atoms with E-state index in [0.29, 0.717) is 22.5 Å². The van der Waals surface area contributed by atoms with E-state index in [9.17, 15) is 18.0 Å². The molecular weight excluding hydrogens is 389 g/mol. The molecule has 0 aliphatic carbocycles. The van der Waals surface area contributed by atoms with Gasteiger partial charge in [0, 0.05) is 29.8 Å². The smallest absolute Gasteiger partial charge is 0.451 e. The molecule has 152 valence electrons. The van der Waals surface area contributed by atoms with Gasteiger partial charge in [-0.2, -0.15) is 13.2 Å². The minimum absolute atomic E-state index is 0.0329. The molecule has 0 saturated carbocycles. The van der Waals surface area contributed by atoms with Gasteiger partial charge in [-0.25, -0.2) is 9.97 Å². The maximum absolute atomic E-state index is 13.3. The first-order valence-corrected chi connectivity index (χ1v) is 8.37. The number of fused-ring (bicyclic) bond motifs is 1. The van der Waals surface area contributed by atoms with E-state index in [1.54, 1.807) is 24.3 Å². The molecule has 0 aliphatic heterocycles. The van der Waals surface area contributed by atoms with Gasteiger partial charge in [-0.3, -0.25) is 4.79 Å². The fourth-order valence-corrected chi connectivity index (χ4v) is 2.69. The van der Waals surface area contributed by atoms with Gasteiger partial charge in [0.15, 0.2) is 11.5 Å². The Bertz CT molecular complexity index is 1070. The fourth-order valence-electron chi connectivity index (χ4n) is 2.69. The van der Waals surface area contributed by atoms with Gasteiger partial charge in [-0.15, -0.1) is 0 Å². The minimum Gasteiger partial charge on any atom is -0.493 e. The number of alkyl halides is 3. The zero-order valence-corrected chi connectivity index (χ0v) is 15.7. The normalized spacial score (nSPS) is 11.2. The first-order chi connectivity index (χ1) is 13.7. The third-order valence-corrected chi connectivity index (χ3v) is 3.90. The van der Waals surface area contributed by atoms with Crippen molar-refractivity contribution in [3.8, 4) is 11.5 Å². The summed E-state index contributed by atoms with van der Waals surface area (Å²) in [4.78, 5) is 18.5. The van der Waals surface area contributed by atoms with Crippen LogP contribution in [0.5, 0.6) is 11.5 Å². The lowest BCUT2D eigenvalue weighted by Crippen LogP contribution is -2.13. The minimum atomic E-state index is -4.74. The van der Waals surface area contributed by atoms with E-state index < -0.39 is 12.0 Å². The molecule has 0 aliphatic rings. The molecule has 2 aromatic carbocycles. The molecule has 10 heteroatoms. The highest BCUT2D eigenvalue weighted by molar-refractivity contribution is 5.94. The van der Waals surface area contributed by atoms with Crippen LogP contribution in [0.4, 0.5) is 30.4 Å². The number of benzene rings is 2. The van der Waals surface area contributed by atoms with Crippen molar-refractivity contribution in [3.05, 3.63) is 42.2 Å². The van der Waals surface area contributed by atoms with E-state index in [4.69, 9.17) is 9.47 Å². The number of anilines is 3. The van der Waals surface area contributed by atoms with Crippen LogP contribution in [0, 0.1) is 0 Å². The Kier molecular flexibility index (Phi) is 5.44. The third-order valence-electron chi connectivity index (χ3n) is 3.90. The van der Waals surface area contributed by atoms with Gasteiger partial charge < -0.3 is 20.1 Å². The average molecular weight is 406 g/mol. The highest BCUT2D eigenvalue weighted by Gasteiger charge is 2.35. The van der Waals surface area contributed by atoms with Crippen molar-refractivity contribution >= 4 is 34.0 Å². The number of nitrogens with one attached hydrogen (secondary N) is 2. The molecule has 3 rings (SSSR count). The van der Waals surface area contributed by atoms with E-state index in [-0.39, 0.29) is 23.0 Å². The number of carbonyl (C=O) groups is 1. The molecule has 1 amide bonds. The van der Waals surface area contributed by atoms with Crippen LogP contribution >= 0.6 is 0 Å². The monoisotopic (exact) mass is 406 g/mol. The van der Waals surface area contributed by atoms with Crippen LogP contribution in [-0.2, 0) is 11.0 Å². The molecule has 0 unspecified atom stereocenters. The van der Waals surface area contributed by atoms with Gasteiger partial charge in [-0.05, 0) is 24.3 Å². The molecule has 3 aromatic rings. The zero-order chi connectivity index (χ0) is 21.2. The van der Waals surface area contributed by atoms with E-state index in [0.717, 1.165) is 0 Å². The molecule has 7 nitrogen and oxygen atoms in total. The van der Waals surface area contributed by atoms with Crippen molar-refractivity contribution in [2.45, 2.75) is 13.1 Å². The molecule has 0 spiro atoms. The summed E-state index contributed by atoms with van der Waals surface area (Å²) in [5.41, 5.74) is 0.945. The molecular formula is C19H17F3N4O3. The van der Waals surface area contributed by atoms with E-state index in [2.05, 4.69) is 20.6 Å². The van der Waals surface area contributed by atoms with Crippen molar-refractivity contribution in [1.82, 2.24) is 9.97 Å². The van der Waals surface area contributed by atoms with Crippen LogP contribution < -0.4 is 20.1 Å². The number of rotatable bonds is 5. The first kappa shape index (κ1) is 20.2. The molecule has 1 heterocycles. The van der Waals surface area contributed by atoms with Crippen LogP contribution in [0.3, 0.4) is 0 Å². The number of amides is 1. The largest absolute Gasteiger partial charge is 0.493 e. The number of aromatic nitrogens is 2. The SMILES string of the molecule is COc1cc2nc(C(F)(F)F)nc(Nc3cccc(NC(C)=O)c3)c2cc1OC. The third kappa shape index (κ3) is 4.48. The summed E-state index contributed by atoms with van der Waals surface area (Å²) in [6, 6.07) is 9.35. The number of ether oxygens (including phenoxy) is 2. The molecule has 0 fully saturated rings. The average Bonchev–Trinajstić information content (AvgIpc) is 2.65. The van der Waals surface area contributed by atoms with Crippen LogP contribution in [-0.4, -0.2) is 30.1 Å². The zero-order valence-electron chi connectivity index (χ0n) is 15.7. The summed E-state index contributed by atoms with van der Waals surface area (Å²) in [5.74, 6) is -1.07. The predicted molar refractivity (Wildman–Crippen MR) is 102 cm³/mol. The van der Waals surface area contributed by atoms with Crippen molar-refractivity contribution < 1.29 is 27.4 Å². The highest BCUT2D eigenvalue weighted by atomic mass is 19.4. The second kappa shape index (κ2) is 7.82. The van der Waals surface area contributed by atoms with Gasteiger partial charge in [0.05, 0.1) is 19.7 Å². The van der Waals surface area contributed by atoms with E-state index >= 15 is 0 Å². The van der Waals surface area contributed by atoms with Crippen molar-refractivity contribution in [2.24, 2.45) is 0 Å². The molecule has 0 atom stereocenters. The summed E-state index contributed by atoms with van der Waals surface area (Å²) in [7, 11) is 2.79. The van der Waals surface area contributed by atoms with Gasteiger partial charge >= 0.3 is 6.18 Å². The van der Waals surface area contributed by atoms with Crippen molar-refractivity contribution in [2.75, 3.05) is 24.9 Å². The standard InChI is InChI=1S/C19H17F3N4O3/c1-10(27)23-11-5-4-6-12(7-11)24-17-13-8-15(28-2)16(29-3)9-14(13)25-18(26-17)19(20,21)22/h4-9H,1-3H3,(H,23,27)(H,24,25,26). The molecule has 0 radical (unpaired) electrons. The van der Waals surface area contributed by atoms with E-state index in [1.165, 1.54) is 33.3 Å². The molecule has 29 heavy (non-hydrogen) atoms. The summed E-state index contributed by atoms with van der Waals surface area (Å²) >= 11 is 0. The second-order valence-electron chi connectivity index (χ2n) is 6.00. The first-order valence-electron chi connectivity index (χ1n) is 8.37. The van der Waals surface area contributed by atoms with Gasteiger partial charge in [0.25, 0.3) is 0 Å². The summed E-state index contributed by atoms with van der Waals surface area (Å²) in [6.07, 6.45) is -4.74. The fraction of sp³-hybridized carbons (Fsp3) is 0.211. The number of hydrogen-bond acceptors (Lipinski definition) is 6. The Hall–Kier alpha value is -3.56. The Morgan fingerprint density at radius 3 is 2.28 bits per heavy atom. The quantitative estimate of drug-likeness (QED) is 0.655. The Morgan fingerprint density at radius 1 is 1.00 bits per heavy atom. The molecule has 2 N–H and O–H groups in total. The summed E-state index contributed by atoms with van der Waals surface area (Å²) < 4.78 is 50.3. The number of hydrogen-bond donors (Lipinski definition) is 2. The number of halogens is 3. The van der Waals surface area contributed by atoms with E-state index in [1.807, 2.05) is 0 Å². The van der Waals surface area contributed by atoms with Crippen LogP contribution in [0.15, 0.2) is 36.4 Å². The Labute approximate surface area is 163 Å². The number of carbonyl (C=O) groups excluding carboxylic acids is 1. The van der Waals surface area contributed by atoms with Gasteiger partial charge in [0.1, 0.15) is 5.82 Å². The highest BCUT2D eigenvalue weighted by Crippen LogP contribution is 2.37. The maximum atomic E-state index is 13.3. The summed E-state index contributed by atoms with van der Waals surface area (Å²) in [5, 5.41) is 5.78. The van der Waals surface area contributed by atoms with Gasteiger partial charge in [-0.1, -0.05) is 6.07 Å². The second-order valence-corrected chi connectivity index (χ2v) is 6.00. The number of nitrogens with zero attached hydrogens (tertiary/aromatic N) is 2. The lowest BCUT2D eigenvalue weighted by atomic mass is 10.2. The molecule has 0 saturated heterocycles. The predicted octanol–water partition coefficient (Wildman–Crippen LogP) is 4.37. The summed E-state index contributed by atoms with van der Waals surface area (Å²) in [6.45, 7) is 1.35. The molecule has 1 aromatic heterocycles.